The summed E-state index contributed by atoms with van der Waals surface area (Å²) in [5, 5.41) is 24.9. The van der Waals surface area contributed by atoms with Crippen LogP contribution >= 0.6 is 0 Å². The number of non-ortho nitro benzene ring substituents is 1. The van der Waals surface area contributed by atoms with Crippen molar-refractivity contribution in [1.29, 1.82) is 0 Å². The second-order valence-electron chi connectivity index (χ2n) is 6.29. The molecule has 0 saturated heterocycles. The van der Waals surface area contributed by atoms with E-state index in [1.807, 2.05) is 30.3 Å². The molecule has 138 valence electrons. The molecule has 0 bridgehead atoms. The topological polar surface area (TPSA) is 79.9 Å². The molecule has 0 aliphatic carbocycles. The van der Waals surface area contributed by atoms with Crippen molar-refractivity contribution in [1.82, 2.24) is 0 Å². The van der Waals surface area contributed by atoms with E-state index >= 15 is 0 Å². The van der Waals surface area contributed by atoms with Crippen LogP contribution in [0.5, 0.6) is 0 Å². The smallest absolute Gasteiger partial charge is 0.269 e. The van der Waals surface area contributed by atoms with Crippen molar-refractivity contribution in [3.05, 3.63) is 70.8 Å². The van der Waals surface area contributed by atoms with E-state index in [2.05, 4.69) is 28.5 Å². The minimum Gasteiger partial charge on any atom is -0.385 e. The van der Waals surface area contributed by atoms with Crippen LogP contribution in [0.2, 0.25) is 0 Å². The van der Waals surface area contributed by atoms with Crippen molar-refractivity contribution in [3.8, 4) is 0 Å². The lowest BCUT2D eigenvalue weighted by Crippen LogP contribution is -2.01. The first kappa shape index (κ1) is 18.5. The third kappa shape index (κ3) is 4.67. The van der Waals surface area contributed by atoms with E-state index in [9.17, 15) is 10.1 Å². The van der Waals surface area contributed by atoms with Gasteiger partial charge in [-0.1, -0.05) is 44.0 Å². The van der Waals surface area contributed by atoms with E-state index < -0.39 is 4.92 Å². The van der Waals surface area contributed by atoms with Crippen LogP contribution in [0, 0.1) is 10.1 Å². The highest BCUT2D eigenvalue weighted by Gasteiger charge is 2.06. The van der Waals surface area contributed by atoms with Gasteiger partial charge in [0.1, 0.15) is 0 Å². The average molecular weight is 362 g/mol. The molecule has 0 aliphatic heterocycles. The maximum absolute atomic E-state index is 10.7. The van der Waals surface area contributed by atoms with Crippen LogP contribution in [0.15, 0.2) is 70.9 Å². The molecule has 1 N–H and O–H groups in total. The summed E-state index contributed by atoms with van der Waals surface area (Å²) in [5.74, 6) is 0. The van der Waals surface area contributed by atoms with Crippen molar-refractivity contribution in [2.75, 3.05) is 11.9 Å². The summed E-state index contributed by atoms with van der Waals surface area (Å²) in [6.45, 7) is 3.14. The third-order valence-corrected chi connectivity index (χ3v) is 4.33. The van der Waals surface area contributed by atoms with Gasteiger partial charge in [-0.3, -0.25) is 10.1 Å². The number of nitrogens with zero attached hydrogens (tertiary/aromatic N) is 3. The lowest BCUT2D eigenvalue weighted by Gasteiger charge is -2.11. The van der Waals surface area contributed by atoms with Gasteiger partial charge in [0.25, 0.3) is 5.69 Å². The van der Waals surface area contributed by atoms with E-state index in [-0.39, 0.29) is 5.69 Å². The van der Waals surface area contributed by atoms with Crippen molar-refractivity contribution in [3.63, 3.8) is 0 Å². The summed E-state index contributed by atoms with van der Waals surface area (Å²) in [5.41, 5.74) is 2.48. The molecule has 0 fully saturated rings. The number of benzene rings is 3. The Morgan fingerprint density at radius 3 is 2.37 bits per heavy atom. The van der Waals surface area contributed by atoms with Crippen LogP contribution in [0.4, 0.5) is 22.7 Å². The number of nitro benzene ring substituents is 1. The number of fused-ring (bicyclic) bond motifs is 1. The van der Waals surface area contributed by atoms with Gasteiger partial charge in [-0.15, -0.1) is 5.11 Å². The van der Waals surface area contributed by atoms with Gasteiger partial charge in [0.2, 0.25) is 0 Å². The fourth-order valence-corrected chi connectivity index (χ4v) is 2.88. The number of hydrogen-bond acceptors (Lipinski definition) is 5. The molecule has 0 aliphatic rings. The highest BCUT2D eigenvalue weighted by Crippen LogP contribution is 2.33. The van der Waals surface area contributed by atoms with E-state index in [0.29, 0.717) is 5.69 Å². The number of nitro groups is 1. The molecule has 0 spiro atoms. The van der Waals surface area contributed by atoms with Gasteiger partial charge in [-0.2, -0.15) is 5.11 Å². The zero-order chi connectivity index (χ0) is 19.1. The molecule has 0 saturated carbocycles. The monoisotopic (exact) mass is 362 g/mol. The number of nitrogens with one attached hydrogen (secondary N) is 1. The summed E-state index contributed by atoms with van der Waals surface area (Å²) in [7, 11) is 0. The number of rotatable bonds is 8. The predicted molar refractivity (Wildman–Crippen MR) is 109 cm³/mol. The first-order valence-corrected chi connectivity index (χ1v) is 9.11. The van der Waals surface area contributed by atoms with Gasteiger partial charge in [0, 0.05) is 35.1 Å². The quantitative estimate of drug-likeness (QED) is 0.208. The van der Waals surface area contributed by atoms with E-state index in [1.165, 1.54) is 25.0 Å². The van der Waals surface area contributed by atoms with Crippen LogP contribution < -0.4 is 5.32 Å². The molecular weight excluding hydrogens is 340 g/mol. The Kier molecular flexibility index (Phi) is 6.10. The maximum Gasteiger partial charge on any atom is 0.269 e. The van der Waals surface area contributed by atoms with Crippen molar-refractivity contribution in [2.24, 2.45) is 10.2 Å². The van der Waals surface area contributed by atoms with Crippen molar-refractivity contribution < 1.29 is 4.92 Å². The fraction of sp³-hybridized carbons (Fsp3) is 0.238. The summed E-state index contributed by atoms with van der Waals surface area (Å²) in [4.78, 5) is 10.3. The molecule has 3 aromatic rings. The van der Waals surface area contributed by atoms with Crippen LogP contribution in [-0.2, 0) is 0 Å². The largest absolute Gasteiger partial charge is 0.385 e. The Morgan fingerprint density at radius 2 is 1.67 bits per heavy atom. The average Bonchev–Trinajstić information content (AvgIpc) is 2.70. The minimum atomic E-state index is -0.430. The molecule has 3 rings (SSSR count). The number of anilines is 1. The lowest BCUT2D eigenvalue weighted by atomic mass is 10.1. The number of unbranched alkanes of at least 4 members (excludes halogenated alkanes) is 2. The van der Waals surface area contributed by atoms with Crippen LogP contribution in [0.1, 0.15) is 26.2 Å². The fourth-order valence-electron chi connectivity index (χ4n) is 2.88. The van der Waals surface area contributed by atoms with Crippen molar-refractivity contribution in [2.45, 2.75) is 26.2 Å². The van der Waals surface area contributed by atoms with E-state index in [0.717, 1.165) is 35.1 Å². The molecule has 0 heterocycles. The Hall–Kier alpha value is -3.28. The predicted octanol–water partition coefficient (Wildman–Crippen LogP) is 6.77. The highest BCUT2D eigenvalue weighted by molar-refractivity contribution is 6.00. The second-order valence-corrected chi connectivity index (χ2v) is 6.29. The molecular formula is C21H22N4O2. The molecule has 0 atom stereocenters. The molecule has 0 unspecified atom stereocenters. The zero-order valence-electron chi connectivity index (χ0n) is 15.3. The van der Waals surface area contributed by atoms with Gasteiger partial charge in [-0.05, 0) is 30.7 Å². The Balaban J connectivity index is 1.83. The van der Waals surface area contributed by atoms with Gasteiger partial charge in [-0.25, -0.2) is 0 Å². The highest BCUT2D eigenvalue weighted by atomic mass is 16.6. The molecule has 3 aromatic carbocycles. The number of hydrogen-bond donors (Lipinski definition) is 1. The van der Waals surface area contributed by atoms with Crippen LogP contribution in [0.25, 0.3) is 10.8 Å². The molecule has 6 heteroatoms. The van der Waals surface area contributed by atoms with Gasteiger partial charge in [0.05, 0.1) is 16.3 Å². The lowest BCUT2D eigenvalue weighted by molar-refractivity contribution is -0.384. The van der Waals surface area contributed by atoms with Gasteiger partial charge in [0.15, 0.2) is 0 Å². The van der Waals surface area contributed by atoms with Gasteiger partial charge >= 0.3 is 0 Å². The first-order valence-electron chi connectivity index (χ1n) is 9.11. The molecule has 27 heavy (non-hydrogen) atoms. The van der Waals surface area contributed by atoms with Crippen LogP contribution in [0.3, 0.4) is 0 Å². The van der Waals surface area contributed by atoms with Gasteiger partial charge < -0.3 is 5.32 Å². The van der Waals surface area contributed by atoms with Crippen LogP contribution in [-0.4, -0.2) is 11.5 Å². The maximum atomic E-state index is 10.7. The summed E-state index contributed by atoms with van der Waals surface area (Å²) < 4.78 is 0. The Labute approximate surface area is 158 Å². The minimum absolute atomic E-state index is 0.0397. The normalized spacial score (nSPS) is 11.1. The van der Waals surface area contributed by atoms with E-state index in [4.69, 9.17) is 0 Å². The number of azo groups is 1. The summed E-state index contributed by atoms with van der Waals surface area (Å²) >= 11 is 0. The summed E-state index contributed by atoms with van der Waals surface area (Å²) in [6, 6.07) is 18.1. The second kappa shape index (κ2) is 8.89. The SMILES string of the molecule is CCCCCNc1ccc(N=Nc2ccc([N+](=O)[O-])cc2)c2ccccc12. The Bertz CT molecular complexity index is 952. The summed E-state index contributed by atoms with van der Waals surface area (Å²) in [6.07, 6.45) is 3.56. The molecule has 0 aromatic heterocycles. The molecule has 0 amide bonds. The molecule has 6 nitrogen and oxygen atoms in total. The zero-order valence-corrected chi connectivity index (χ0v) is 15.3. The third-order valence-electron chi connectivity index (χ3n) is 4.33. The standard InChI is InChI=1S/C21H22N4O2/c1-2-3-6-15-22-20-13-14-21(19-8-5-4-7-18(19)20)24-23-16-9-11-17(12-10-16)25(26)27/h4-5,7-14,22H,2-3,6,15H2,1H3. The molecule has 0 radical (unpaired) electrons. The Morgan fingerprint density at radius 1 is 0.926 bits per heavy atom. The van der Waals surface area contributed by atoms with Crippen molar-refractivity contribution >= 4 is 33.5 Å². The van der Waals surface area contributed by atoms with E-state index in [1.54, 1.807) is 12.1 Å². The first-order chi connectivity index (χ1) is 13.2.